The number of rotatable bonds is 5. The molecule has 6 heteroatoms. The third kappa shape index (κ3) is 4.69. The molecule has 3 heterocycles. The van der Waals surface area contributed by atoms with Gasteiger partial charge in [0.2, 0.25) is 0 Å². The number of para-hydroxylation sites is 1. The first-order valence-electron chi connectivity index (χ1n) is 16.6. The molecule has 0 bridgehead atoms. The van der Waals surface area contributed by atoms with Gasteiger partial charge in [0.1, 0.15) is 16.9 Å². The van der Waals surface area contributed by atoms with E-state index in [2.05, 4.69) is 72.0 Å². The zero-order valence-electron chi connectivity index (χ0n) is 26.7. The van der Waals surface area contributed by atoms with E-state index in [4.69, 9.17) is 24.1 Å². The predicted molar refractivity (Wildman–Crippen MR) is 200 cm³/mol. The summed E-state index contributed by atoms with van der Waals surface area (Å²) in [6, 6.07) is 53.5. The number of fused-ring (bicyclic) bond motifs is 6. The van der Waals surface area contributed by atoms with E-state index < -0.39 is 0 Å². The van der Waals surface area contributed by atoms with E-state index in [0.29, 0.717) is 17.5 Å². The van der Waals surface area contributed by atoms with Crippen molar-refractivity contribution in [2.45, 2.75) is 6.23 Å². The van der Waals surface area contributed by atoms with E-state index in [1.54, 1.807) is 0 Å². The van der Waals surface area contributed by atoms with Crippen LogP contribution in [0.2, 0.25) is 0 Å². The van der Waals surface area contributed by atoms with Crippen molar-refractivity contribution in [2.75, 3.05) is 5.32 Å². The second-order valence-corrected chi connectivity index (χ2v) is 12.4. The molecule has 2 aromatic heterocycles. The molecule has 0 spiro atoms. The average molecular weight is 645 g/mol. The highest BCUT2D eigenvalue weighted by atomic mass is 16.5. The molecular weight excluding hydrogens is 617 g/mol. The topological polar surface area (TPSA) is 73.1 Å². The molecule has 1 N–H and O–H groups in total. The summed E-state index contributed by atoms with van der Waals surface area (Å²) in [4.78, 5) is 14.7. The molecule has 0 fully saturated rings. The van der Waals surface area contributed by atoms with Gasteiger partial charge < -0.3 is 14.5 Å². The fourth-order valence-electron chi connectivity index (χ4n) is 7.01. The molecule has 0 saturated carbocycles. The van der Waals surface area contributed by atoms with Gasteiger partial charge in [0, 0.05) is 27.6 Å². The third-order valence-electron chi connectivity index (χ3n) is 9.42. The Morgan fingerprint density at radius 1 is 0.440 bits per heavy atom. The minimum Gasteiger partial charge on any atom is -0.464 e. The summed E-state index contributed by atoms with van der Waals surface area (Å²) in [6.07, 6.45) is -0.341. The molecule has 0 saturated heterocycles. The minimum atomic E-state index is -0.341. The molecular formula is C44H28N4O2. The number of furan rings is 1. The first-order chi connectivity index (χ1) is 24.8. The standard InChI is InChI=1S/C44H28N4O2/c1-3-11-28(12-4-1)41-46-42(29-13-5-2-6-14-29)48-43(47-41)30-21-19-27(20-22-30)31-23-24-34(33-16-8-7-15-32(31)33)44-45-40-38(50-44)26-25-37-39(40)35-17-9-10-18-36(35)49-37/h1-26,44-45H. The van der Waals surface area contributed by atoms with E-state index in [9.17, 15) is 0 Å². The van der Waals surface area contributed by atoms with Crippen LogP contribution in [0.3, 0.4) is 0 Å². The zero-order chi connectivity index (χ0) is 33.0. The maximum Gasteiger partial charge on any atom is 0.197 e. The number of anilines is 1. The molecule has 1 aliphatic rings. The number of aromatic nitrogens is 3. The molecule has 1 atom stereocenters. The SMILES string of the molecule is c1ccc(-c2nc(-c3ccccc3)nc(-c3ccc(-c4ccc(C5Nc6c(ccc7oc8ccccc8c67)O5)c5ccccc45)cc3)n2)cc1. The van der Waals surface area contributed by atoms with Crippen LogP contribution in [0.5, 0.6) is 5.75 Å². The second-order valence-electron chi connectivity index (χ2n) is 12.4. The summed E-state index contributed by atoms with van der Waals surface area (Å²) in [5.74, 6) is 2.74. The lowest BCUT2D eigenvalue weighted by molar-refractivity contribution is 0.261. The van der Waals surface area contributed by atoms with Gasteiger partial charge in [-0.3, -0.25) is 0 Å². The molecule has 236 valence electrons. The van der Waals surface area contributed by atoms with E-state index in [-0.39, 0.29) is 6.23 Å². The number of hydrogen-bond acceptors (Lipinski definition) is 6. The summed E-state index contributed by atoms with van der Waals surface area (Å²) in [5, 5.41) is 8.08. The van der Waals surface area contributed by atoms with E-state index in [0.717, 1.165) is 77.5 Å². The van der Waals surface area contributed by atoms with Gasteiger partial charge in [-0.2, -0.15) is 0 Å². The van der Waals surface area contributed by atoms with Gasteiger partial charge >= 0.3 is 0 Å². The summed E-state index contributed by atoms with van der Waals surface area (Å²) in [7, 11) is 0. The van der Waals surface area contributed by atoms with Crippen molar-refractivity contribution < 1.29 is 9.15 Å². The van der Waals surface area contributed by atoms with Crippen LogP contribution >= 0.6 is 0 Å². The van der Waals surface area contributed by atoms with Crippen LogP contribution in [0, 0.1) is 0 Å². The van der Waals surface area contributed by atoms with Gasteiger partial charge in [-0.15, -0.1) is 0 Å². The van der Waals surface area contributed by atoms with E-state index in [1.807, 2.05) is 91.0 Å². The highest BCUT2D eigenvalue weighted by Crippen LogP contribution is 2.47. The number of benzene rings is 7. The molecule has 10 rings (SSSR count). The lowest BCUT2D eigenvalue weighted by Crippen LogP contribution is -2.10. The van der Waals surface area contributed by atoms with E-state index >= 15 is 0 Å². The van der Waals surface area contributed by atoms with Crippen LogP contribution in [0.4, 0.5) is 5.69 Å². The normalized spacial score (nSPS) is 13.7. The molecule has 1 aliphatic heterocycles. The maximum atomic E-state index is 6.55. The number of hydrogen-bond donors (Lipinski definition) is 1. The Balaban J connectivity index is 1.01. The molecule has 0 radical (unpaired) electrons. The summed E-state index contributed by atoms with van der Waals surface area (Å²) in [6.45, 7) is 0. The van der Waals surface area contributed by atoms with Gasteiger partial charge in [0.15, 0.2) is 23.7 Å². The quantitative estimate of drug-likeness (QED) is 0.201. The molecule has 6 nitrogen and oxygen atoms in total. The van der Waals surface area contributed by atoms with Crippen LogP contribution in [-0.4, -0.2) is 15.0 Å². The first-order valence-corrected chi connectivity index (χ1v) is 16.6. The average Bonchev–Trinajstić information content (AvgIpc) is 3.80. The molecule has 0 amide bonds. The monoisotopic (exact) mass is 644 g/mol. The van der Waals surface area contributed by atoms with E-state index in [1.165, 1.54) is 0 Å². The van der Waals surface area contributed by atoms with Crippen molar-refractivity contribution in [3.63, 3.8) is 0 Å². The lowest BCUT2D eigenvalue weighted by Gasteiger charge is -2.17. The predicted octanol–water partition coefficient (Wildman–Crippen LogP) is 11.1. The zero-order valence-corrected chi connectivity index (χ0v) is 26.7. The number of nitrogens with zero attached hydrogens (tertiary/aromatic N) is 3. The lowest BCUT2D eigenvalue weighted by atomic mass is 9.94. The highest BCUT2D eigenvalue weighted by molar-refractivity contribution is 6.13. The number of ether oxygens (including phenoxy) is 1. The molecule has 0 aliphatic carbocycles. The fraction of sp³-hybridized carbons (Fsp3) is 0.0227. The second kappa shape index (κ2) is 11.4. The van der Waals surface area contributed by atoms with Gasteiger partial charge in [-0.05, 0) is 40.1 Å². The van der Waals surface area contributed by atoms with Crippen LogP contribution in [0.1, 0.15) is 11.8 Å². The summed E-state index contributed by atoms with van der Waals surface area (Å²) in [5.41, 5.74) is 8.81. The largest absolute Gasteiger partial charge is 0.464 e. The maximum absolute atomic E-state index is 6.55. The first kappa shape index (κ1) is 28.2. The van der Waals surface area contributed by atoms with Gasteiger partial charge in [0.25, 0.3) is 0 Å². The van der Waals surface area contributed by atoms with Crippen LogP contribution < -0.4 is 10.1 Å². The van der Waals surface area contributed by atoms with Crippen molar-refractivity contribution in [1.29, 1.82) is 0 Å². The molecule has 7 aromatic carbocycles. The van der Waals surface area contributed by atoms with Crippen molar-refractivity contribution in [2.24, 2.45) is 0 Å². The van der Waals surface area contributed by atoms with Crippen molar-refractivity contribution in [3.8, 4) is 51.0 Å². The number of nitrogens with one attached hydrogen (secondary N) is 1. The molecule has 50 heavy (non-hydrogen) atoms. The Kier molecular flexibility index (Phi) is 6.45. The Morgan fingerprint density at radius 2 is 1.00 bits per heavy atom. The van der Waals surface area contributed by atoms with Crippen LogP contribution in [0.25, 0.3) is 78.0 Å². The van der Waals surface area contributed by atoms with Gasteiger partial charge in [-0.1, -0.05) is 140 Å². The minimum absolute atomic E-state index is 0.341. The third-order valence-corrected chi connectivity index (χ3v) is 9.42. The summed E-state index contributed by atoms with van der Waals surface area (Å²) >= 11 is 0. The van der Waals surface area contributed by atoms with Crippen LogP contribution in [0.15, 0.2) is 162 Å². The van der Waals surface area contributed by atoms with Crippen molar-refractivity contribution >= 4 is 38.4 Å². The molecule has 9 aromatic rings. The van der Waals surface area contributed by atoms with Crippen LogP contribution in [-0.2, 0) is 0 Å². The molecule has 1 unspecified atom stereocenters. The fourth-order valence-corrected chi connectivity index (χ4v) is 7.01. The van der Waals surface area contributed by atoms with Crippen molar-refractivity contribution in [3.05, 3.63) is 163 Å². The summed E-state index contributed by atoms with van der Waals surface area (Å²) < 4.78 is 12.7. The Hall–Kier alpha value is -6.79. The Bertz CT molecular complexity index is 2650. The Labute approximate surface area is 287 Å². The Morgan fingerprint density at radius 3 is 1.68 bits per heavy atom. The van der Waals surface area contributed by atoms with Gasteiger partial charge in [-0.25, -0.2) is 15.0 Å². The van der Waals surface area contributed by atoms with Crippen molar-refractivity contribution in [1.82, 2.24) is 15.0 Å². The smallest absolute Gasteiger partial charge is 0.197 e. The highest BCUT2D eigenvalue weighted by Gasteiger charge is 2.29. The van der Waals surface area contributed by atoms with Gasteiger partial charge in [0.05, 0.1) is 11.1 Å².